The zero-order chi connectivity index (χ0) is 23.7. The molecule has 0 saturated carbocycles. The van der Waals surface area contributed by atoms with Crippen molar-refractivity contribution in [3.8, 4) is 5.75 Å². The van der Waals surface area contributed by atoms with Crippen LogP contribution in [-0.4, -0.2) is 5.11 Å². The highest BCUT2D eigenvalue weighted by atomic mass is 16.3. The quantitative estimate of drug-likeness (QED) is 0.274. The molecule has 1 nitrogen and oxygen atoms in total. The largest absolute Gasteiger partial charge is 0.508 e. The van der Waals surface area contributed by atoms with E-state index >= 15 is 0 Å². The molecule has 1 N–H and O–H groups in total. The smallest absolute Gasteiger partial charge is 0.119 e. The molecule has 0 aliphatic heterocycles. The zero-order valence-corrected chi connectivity index (χ0v) is 22.6. The Morgan fingerprint density at radius 1 is 0.548 bits per heavy atom. The number of phenolic OH excluding ortho intramolecular Hbond substituents is 1. The summed E-state index contributed by atoms with van der Waals surface area (Å²) in [6, 6.07) is 4.25. The summed E-state index contributed by atoms with van der Waals surface area (Å²) in [5.74, 6) is 0.508. The van der Waals surface area contributed by atoms with Crippen molar-refractivity contribution in [1.82, 2.24) is 0 Å². The Balaban J connectivity index is 3.60. The molecule has 1 heteroatoms. The lowest BCUT2D eigenvalue weighted by molar-refractivity contribution is 0.368. The van der Waals surface area contributed by atoms with Gasteiger partial charge in [0.2, 0.25) is 0 Å². The van der Waals surface area contributed by atoms with Crippen molar-refractivity contribution >= 4 is 0 Å². The lowest BCUT2D eigenvalue weighted by Gasteiger charge is -2.41. The van der Waals surface area contributed by atoms with Gasteiger partial charge in [-0.15, -0.1) is 0 Å². The second-order valence-electron chi connectivity index (χ2n) is 11.9. The summed E-state index contributed by atoms with van der Waals surface area (Å²) in [5.41, 5.74) is 4.31. The molecule has 0 unspecified atom stereocenters. The van der Waals surface area contributed by atoms with Crippen molar-refractivity contribution in [2.24, 2.45) is 0 Å². The second-order valence-corrected chi connectivity index (χ2v) is 11.9. The number of unbranched alkanes of at least 4 members (excludes halogenated alkanes) is 6. The monoisotopic (exact) mass is 430 g/mol. The van der Waals surface area contributed by atoms with Crippen LogP contribution in [-0.2, 0) is 16.2 Å². The molecule has 0 bridgehead atoms. The van der Waals surface area contributed by atoms with Crippen LogP contribution in [0.3, 0.4) is 0 Å². The van der Waals surface area contributed by atoms with Gasteiger partial charge in [0.15, 0.2) is 0 Å². The molecular weight excluding hydrogens is 376 g/mol. The van der Waals surface area contributed by atoms with Gasteiger partial charge < -0.3 is 5.11 Å². The third-order valence-corrected chi connectivity index (χ3v) is 7.48. The van der Waals surface area contributed by atoms with Gasteiger partial charge in [-0.1, -0.05) is 126 Å². The molecule has 0 heterocycles. The molecule has 0 amide bonds. The van der Waals surface area contributed by atoms with Gasteiger partial charge in [0.05, 0.1) is 0 Å². The highest BCUT2D eigenvalue weighted by molar-refractivity contribution is 5.54. The maximum absolute atomic E-state index is 11.2. The van der Waals surface area contributed by atoms with Crippen LogP contribution in [0.25, 0.3) is 0 Å². The molecule has 1 aromatic rings. The summed E-state index contributed by atoms with van der Waals surface area (Å²) in [6.45, 7) is 21.3. The third kappa shape index (κ3) is 7.83. The molecule has 0 spiro atoms. The highest BCUT2D eigenvalue weighted by Gasteiger charge is 2.38. The maximum Gasteiger partial charge on any atom is 0.119 e. The summed E-state index contributed by atoms with van der Waals surface area (Å²) >= 11 is 0. The van der Waals surface area contributed by atoms with Crippen LogP contribution in [0, 0.1) is 0 Å². The van der Waals surface area contributed by atoms with Crippen LogP contribution < -0.4 is 0 Å². The molecule has 31 heavy (non-hydrogen) atoms. The molecule has 0 aromatic heterocycles. The van der Waals surface area contributed by atoms with Crippen molar-refractivity contribution < 1.29 is 5.11 Å². The molecule has 0 aliphatic carbocycles. The molecule has 1 rings (SSSR count). The first-order valence-corrected chi connectivity index (χ1v) is 13.3. The highest BCUT2D eigenvalue weighted by Crippen LogP contribution is 2.48. The maximum atomic E-state index is 11.2. The van der Waals surface area contributed by atoms with Gasteiger partial charge in [-0.3, -0.25) is 0 Å². The van der Waals surface area contributed by atoms with E-state index < -0.39 is 0 Å². The molecule has 0 aliphatic rings. The first kappa shape index (κ1) is 28.1. The van der Waals surface area contributed by atoms with Gasteiger partial charge >= 0.3 is 0 Å². The Morgan fingerprint density at radius 3 is 1.35 bits per heavy atom. The summed E-state index contributed by atoms with van der Waals surface area (Å²) in [6.07, 6.45) is 14.9. The van der Waals surface area contributed by atoms with Crippen LogP contribution in [0.1, 0.15) is 156 Å². The van der Waals surface area contributed by atoms with E-state index in [9.17, 15) is 5.11 Å². The molecule has 180 valence electrons. The molecule has 1 aromatic carbocycles. The molecule has 0 fully saturated rings. The lowest BCUT2D eigenvalue weighted by Crippen LogP contribution is -2.32. The number of aromatic hydroxyl groups is 1. The SMILES string of the molecule is CCCCCC(C)(C)c1ccc(O)c(C(C)(C)CCCCC)c1C(C)(C)CCCCC. The van der Waals surface area contributed by atoms with E-state index in [2.05, 4.69) is 68.4 Å². The number of rotatable bonds is 15. The lowest BCUT2D eigenvalue weighted by atomic mass is 9.64. The topological polar surface area (TPSA) is 20.2 Å². The Hall–Kier alpha value is -0.980. The van der Waals surface area contributed by atoms with Crippen LogP contribution in [0.5, 0.6) is 5.75 Å². The molecule has 0 atom stereocenters. The van der Waals surface area contributed by atoms with Gasteiger partial charge in [0.25, 0.3) is 0 Å². The first-order chi connectivity index (χ1) is 14.4. The molecule has 0 radical (unpaired) electrons. The Morgan fingerprint density at radius 2 is 0.935 bits per heavy atom. The first-order valence-electron chi connectivity index (χ1n) is 13.3. The number of benzene rings is 1. The van der Waals surface area contributed by atoms with E-state index in [1.54, 1.807) is 0 Å². The van der Waals surface area contributed by atoms with Crippen molar-refractivity contribution in [3.05, 3.63) is 28.8 Å². The Kier molecular flexibility index (Phi) is 11.1. The third-order valence-electron chi connectivity index (χ3n) is 7.48. The van der Waals surface area contributed by atoms with Gasteiger partial charge in [0.1, 0.15) is 5.75 Å². The predicted octanol–water partition coefficient (Wildman–Crippen LogP) is 9.97. The van der Waals surface area contributed by atoms with E-state index in [1.165, 1.54) is 87.3 Å². The minimum absolute atomic E-state index is 0.0217. The Labute approximate surface area is 195 Å². The van der Waals surface area contributed by atoms with Crippen LogP contribution in [0.4, 0.5) is 0 Å². The van der Waals surface area contributed by atoms with E-state index in [4.69, 9.17) is 0 Å². The van der Waals surface area contributed by atoms with Gasteiger partial charge in [0, 0.05) is 5.56 Å². The Bertz CT molecular complexity index is 651. The van der Waals surface area contributed by atoms with E-state index in [0.717, 1.165) is 6.42 Å². The van der Waals surface area contributed by atoms with E-state index in [0.29, 0.717) is 5.75 Å². The van der Waals surface area contributed by atoms with Crippen molar-refractivity contribution in [3.63, 3.8) is 0 Å². The summed E-state index contributed by atoms with van der Waals surface area (Å²) in [7, 11) is 0. The standard InChI is InChI=1S/C30H54O/c1-10-13-16-21-28(4,5)24-19-20-25(31)27(30(8,9)23-18-15-12-3)26(24)29(6,7)22-17-14-11-2/h19-20,31H,10-18,21-23H2,1-9H3. The predicted molar refractivity (Wildman–Crippen MR) is 140 cm³/mol. The summed E-state index contributed by atoms with van der Waals surface area (Å²) < 4.78 is 0. The zero-order valence-electron chi connectivity index (χ0n) is 22.6. The fourth-order valence-electron chi connectivity index (χ4n) is 5.38. The fourth-order valence-corrected chi connectivity index (χ4v) is 5.38. The van der Waals surface area contributed by atoms with Crippen molar-refractivity contribution in [2.45, 2.75) is 156 Å². The van der Waals surface area contributed by atoms with E-state index in [1.807, 2.05) is 6.07 Å². The van der Waals surface area contributed by atoms with Crippen molar-refractivity contribution in [2.75, 3.05) is 0 Å². The second kappa shape index (κ2) is 12.3. The van der Waals surface area contributed by atoms with Crippen LogP contribution >= 0.6 is 0 Å². The minimum atomic E-state index is -0.0217. The fraction of sp³-hybridized carbons (Fsp3) is 0.800. The average molecular weight is 431 g/mol. The molecular formula is C30H54O. The number of phenols is 1. The minimum Gasteiger partial charge on any atom is -0.508 e. The van der Waals surface area contributed by atoms with Crippen LogP contribution in [0.15, 0.2) is 12.1 Å². The van der Waals surface area contributed by atoms with E-state index in [-0.39, 0.29) is 16.2 Å². The summed E-state index contributed by atoms with van der Waals surface area (Å²) in [5, 5.41) is 11.2. The number of hydrogen-bond donors (Lipinski definition) is 1. The van der Waals surface area contributed by atoms with Crippen molar-refractivity contribution in [1.29, 1.82) is 0 Å². The number of hydrogen-bond acceptors (Lipinski definition) is 1. The van der Waals surface area contributed by atoms with Gasteiger partial charge in [-0.05, 0) is 52.7 Å². The van der Waals surface area contributed by atoms with Gasteiger partial charge in [-0.25, -0.2) is 0 Å². The summed E-state index contributed by atoms with van der Waals surface area (Å²) in [4.78, 5) is 0. The van der Waals surface area contributed by atoms with Crippen LogP contribution in [0.2, 0.25) is 0 Å². The van der Waals surface area contributed by atoms with Gasteiger partial charge in [-0.2, -0.15) is 0 Å². The average Bonchev–Trinajstić information content (AvgIpc) is 2.67. The normalized spacial score (nSPS) is 13.1. The molecule has 0 saturated heterocycles.